The molecule has 0 fully saturated rings. The second-order valence-corrected chi connectivity index (χ2v) is 10.7. The van der Waals surface area contributed by atoms with E-state index in [-0.39, 0.29) is 16.2 Å². The lowest BCUT2D eigenvalue weighted by Crippen LogP contribution is -2.15. The smallest absolute Gasteiger partial charge is 0.256 e. The van der Waals surface area contributed by atoms with E-state index in [0.717, 1.165) is 36.0 Å². The number of carbonyl (C=O) groups is 2. The Bertz CT molecular complexity index is 1260. The zero-order valence-electron chi connectivity index (χ0n) is 16.1. The van der Waals surface area contributed by atoms with E-state index in [1.807, 2.05) is 0 Å². The molecule has 0 saturated carbocycles. The van der Waals surface area contributed by atoms with Crippen molar-refractivity contribution in [1.82, 2.24) is 0 Å². The summed E-state index contributed by atoms with van der Waals surface area (Å²) in [6.07, 6.45) is 3.74. The van der Waals surface area contributed by atoms with Crippen LogP contribution in [-0.4, -0.2) is 26.4 Å². The maximum atomic E-state index is 13.2. The number of nitrogens with one attached hydrogen (secondary N) is 1. The molecule has 0 aliphatic heterocycles. The molecule has 0 bridgehead atoms. The van der Waals surface area contributed by atoms with Gasteiger partial charge in [-0.25, -0.2) is 8.42 Å². The van der Waals surface area contributed by atoms with E-state index in [4.69, 9.17) is 11.6 Å². The molecule has 2 aromatic carbocycles. The van der Waals surface area contributed by atoms with Gasteiger partial charge in [-0.15, -0.1) is 11.3 Å². The van der Waals surface area contributed by atoms with Crippen LogP contribution in [0.5, 0.6) is 0 Å². The van der Waals surface area contributed by atoms with E-state index in [0.29, 0.717) is 21.2 Å². The SMILES string of the molecule is CS(=O)(=O)c1cccc(C(=O)Nc2sc3c(c2C(=O)c2ccc(Cl)cc2)CCC3)c1. The summed E-state index contributed by atoms with van der Waals surface area (Å²) < 4.78 is 23.6. The summed E-state index contributed by atoms with van der Waals surface area (Å²) >= 11 is 7.35. The minimum atomic E-state index is -3.43. The van der Waals surface area contributed by atoms with Crippen molar-refractivity contribution in [3.63, 3.8) is 0 Å². The zero-order valence-corrected chi connectivity index (χ0v) is 18.5. The van der Waals surface area contributed by atoms with Gasteiger partial charge < -0.3 is 5.32 Å². The monoisotopic (exact) mass is 459 g/mol. The average Bonchev–Trinajstić information content (AvgIpc) is 3.28. The van der Waals surface area contributed by atoms with Gasteiger partial charge in [0.05, 0.1) is 10.5 Å². The minimum absolute atomic E-state index is 0.0706. The number of aryl methyl sites for hydroxylation is 1. The van der Waals surface area contributed by atoms with Gasteiger partial charge >= 0.3 is 0 Å². The Balaban J connectivity index is 1.70. The number of rotatable bonds is 5. The summed E-state index contributed by atoms with van der Waals surface area (Å²) in [5.74, 6) is -0.614. The first-order valence-corrected chi connectivity index (χ1v) is 12.4. The van der Waals surface area contributed by atoms with Crippen molar-refractivity contribution in [3.05, 3.63) is 80.7 Å². The van der Waals surface area contributed by atoms with Gasteiger partial charge in [0.15, 0.2) is 15.6 Å². The van der Waals surface area contributed by atoms with Crippen LogP contribution >= 0.6 is 22.9 Å². The van der Waals surface area contributed by atoms with Crippen molar-refractivity contribution >= 4 is 49.5 Å². The molecule has 4 rings (SSSR count). The fourth-order valence-electron chi connectivity index (χ4n) is 3.52. The molecule has 1 aliphatic rings. The molecule has 0 radical (unpaired) electrons. The van der Waals surface area contributed by atoms with E-state index >= 15 is 0 Å². The van der Waals surface area contributed by atoms with E-state index in [9.17, 15) is 18.0 Å². The van der Waals surface area contributed by atoms with E-state index in [1.165, 1.54) is 29.5 Å². The molecule has 0 spiro atoms. The highest BCUT2D eigenvalue weighted by atomic mass is 35.5. The second kappa shape index (κ2) is 7.98. The molecule has 3 aromatic rings. The van der Waals surface area contributed by atoms with Crippen molar-refractivity contribution in [3.8, 4) is 0 Å². The van der Waals surface area contributed by atoms with Crippen LogP contribution in [-0.2, 0) is 22.7 Å². The number of sulfone groups is 1. The molecule has 154 valence electrons. The lowest BCUT2D eigenvalue weighted by molar-refractivity contribution is 0.102. The Morgan fingerprint density at radius 3 is 2.47 bits per heavy atom. The minimum Gasteiger partial charge on any atom is -0.313 e. The highest BCUT2D eigenvalue weighted by Gasteiger charge is 2.28. The second-order valence-electron chi connectivity index (χ2n) is 7.15. The Hall–Kier alpha value is -2.48. The van der Waals surface area contributed by atoms with Crippen molar-refractivity contribution in [2.24, 2.45) is 0 Å². The summed E-state index contributed by atoms with van der Waals surface area (Å²) in [4.78, 5) is 27.3. The number of fused-ring (bicyclic) bond motifs is 1. The van der Waals surface area contributed by atoms with Gasteiger partial charge in [-0.1, -0.05) is 17.7 Å². The average molecular weight is 460 g/mol. The molecule has 1 heterocycles. The van der Waals surface area contributed by atoms with Gasteiger partial charge in [-0.05, 0) is 67.3 Å². The van der Waals surface area contributed by atoms with Gasteiger partial charge in [0.25, 0.3) is 5.91 Å². The van der Waals surface area contributed by atoms with Crippen molar-refractivity contribution in [1.29, 1.82) is 0 Å². The molecule has 0 atom stereocenters. The van der Waals surface area contributed by atoms with Crippen molar-refractivity contribution in [2.45, 2.75) is 24.2 Å². The molecule has 0 unspecified atom stereocenters. The molecule has 8 heteroatoms. The van der Waals surface area contributed by atoms with Crippen molar-refractivity contribution in [2.75, 3.05) is 11.6 Å². The molecule has 1 amide bonds. The maximum Gasteiger partial charge on any atom is 0.256 e. The molecular formula is C22H18ClNO4S2. The Morgan fingerprint density at radius 1 is 1.03 bits per heavy atom. The Morgan fingerprint density at radius 2 is 1.77 bits per heavy atom. The third kappa shape index (κ3) is 4.05. The topological polar surface area (TPSA) is 80.3 Å². The lowest BCUT2D eigenvalue weighted by atomic mass is 10.0. The first kappa shape index (κ1) is 20.8. The van der Waals surface area contributed by atoms with Crippen LogP contribution in [0.1, 0.15) is 43.1 Å². The van der Waals surface area contributed by atoms with Crippen LogP contribution in [0.3, 0.4) is 0 Å². The molecule has 1 aliphatic carbocycles. The lowest BCUT2D eigenvalue weighted by Gasteiger charge is -2.09. The first-order valence-electron chi connectivity index (χ1n) is 9.30. The number of hydrogen-bond acceptors (Lipinski definition) is 5. The molecule has 30 heavy (non-hydrogen) atoms. The first-order chi connectivity index (χ1) is 14.2. The zero-order chi connectivity index (χ0) is 21.5. The van der Waals surface area contributed by atoms with E-state index in [1.54, 1.807) is 30.3 Å². The predicted octanol–water partition coefficient (Wildman–Crippen LogP) is 4.78. The molecule has 1 aromatic heterocycles. The summed E-state index contributed by atoms with van der Waals surface area (Å²) in [7, 11) is -3.43. The maximum absolute atomic E-state index is 13.2. The fourth-order valence-corrected chi connectivity index (χ4v) is 5.60. The number of benzene rings is 2. The largest absolute Gasteiger partial charge is 0.313 e. The number of hydrogen-bond donors (Lipinski definition) is 1. The van der Waals surface area contributed by atoms with Crippen LogP contribution in [0.2, 0.25) is 5.02 Å². The number of amides is 1. The molecule has 1 N–H and O–H groups in total. The Labute approximate surface area is 183 Å². The van der Waals surface area contributed by atoms with Gasteiger partial charge in [-0.3, -0.25) is 9.59 Å². The van der Waals surface area contributed by atoms with Gasteiger partial charge in [-0.2, -0.15) is 0 Å². The van der Waals surface area contributed by atoms with Crippen LogP contribution in [0, 0.1) is 0 Å². The molecule has 0 saturated heterocycles. The van der Waals surface area contributed by atoms with Crippen LogP contribution in [0.15, 0.2) is 53.4 Å². The number of halogens is 1. The highest BCUT2D eigenvalue weighted by Crippen LogP contribution is 2.40. The molecule has 5 nitrogen and oxygen atoms in total. The summed E-state index contributed by atoms with van der Waals surface area (Å²) in [5, 5.41) is 3.87. The summed E-state index contributed by atoms with van der Waals surface area (Å²) in [5.41, 5.74) is 2.22. The summed E-state index contributed by atoms with van der Waals surface area (Å²) in [6.45, 7) is 0. The number of ketones is 1. The standard InChI is InChI=1S/C22H18ClNO4S2/c1-30(27,28)16-5-2-4-14(12-16)21(26)24-22-19(17-6-3-7-18(17)29-22)20(25)13-8-10-15(23)11-9-13/h2,4-5,8-12H,3,6-7H2,1H3,(H,24,26). The Kier molecular flexibility index (Phi) is 5.53. The molecular weight excluding hydrogens is 442 g/mol. The summed E-state index contributed by atoms with van der Waals surface area (Å²) in [6, 6.07) is 12.5. The highest BCUT2D eigenvalue weighted by molar-refractivity contribution is 7.90. The number of anilines is 1. The predicted molar refractivity (Wildman–Crippen MR) is 119 cm³/mol. The third-order valence-electron chi connectivity index (χ3n) is 5.01. The number of carbonyl (C=O) groups excluding carboxylic acids is 2. The van der Waals surface area contributed by atoms with Gasteiger partial charge in [0, 0.05) is 27.3 Å². The van der Waals surface area contributed by atoms with E-state index in [2.05, 4.69) is 5.32 Å². The quantitative estimate of drug-likeness (QED) is 0.557. The van der Waals surface area contributed by atoms with Gasteiger partial charge in [0.1, 0.15) is 5.00 Å². The van der Waals surface area contributed by atoms with Crippen molar-refractivity contribution < 1.29 is 18.0 Å². The fraction of sp³-hybridized carbons (Fsp3) is 0.182. The van der Waals surface area contributed by atoms with Crippen LogP contribution in [0.4, 0.5) is 5.00 Å². The van der Waals surface area contributed by atoms with Gasteiger partial charge in [0.2, 0.25) is 0 Å². The normalized spacial score (nSPS) is 13.1. The van der Waals surface area contributed by atoms with Crippen LogP contribution in [0.25, 0.3) is 0 Å². The third-order valence-corrected chi connectivity index (χ3v) is 7.58. The number of thiophene rings is 1. The van der Waals surface area contributed by atoms with Crippen LogP contribution < -0.4 is 5.32 Å². The van der Waals surface area contributed by atoms with E-state index < -0.39 is 15.7 Å².